The number of phenolic OH excluding ortho intramolecular Hbond substituents is 1. The van der Waals surface area contributed by atoms with Gasteiger partial charge in [-0.25, -0.2) is 0 Å². The monoisotopic (exact) mass is 226 g/mol. The van der Waals surface area contributed by atoms with E-state index in [1.165, 1.54) is 0 Å². The van der Waals surface area contributed by atoms with Gasteiger partial charge in [0, 0.05) is 0 Å². The number of rotatable bonds is 0. The molecular formula is C9H12ClNaO3. The van der Waals surface area contributed by atoms with Gasteiger partial charge in [0.1, 0.15) is 5.75 Å². The van der Waals surface area contributed by atoms with Gasteiger partial charge in [0.2, 0.25) is 0 Å². The molecule has 1 saturated heterocycles. The van der Waals surface area contributed by atoms with Crippen LogP contribution in [0.5, 0.6) is 5.75 Å². The Balaban J connectivity index is 0. The number of ether oxygens (including phenoxy) is 1. The van der Waals surface area contributed by atoms with E-state index in [0.717, 1.165) is 0 Å². The molecule has 2 unspecified atom stereocenters. The minimum atomic E-state index is 0. The number of epoxide rings is 1. The fourth-order valence-electron chi connectivity index (χ4n) is 0.588. The van der Waals surface area contributed by atoms with Crippen molar-refractivity contribution in [1.29, 1.82) is 0 Å². The van der Waals surface area contributed by atoms with Gasteiger partial charge in [-0.05, 0) is 19.1 Å². The van der Waals surface area contributed by atoms with Crippen LogP contribution in [0.1, 0.15) is 6.92 Å². The minimum absolute atomic E-state index is 0. The van der Waals surface area contributed by atoms with Crippen LogP contribution in [0.4, 0.5) is 0 Å². The molecule has 0 bridgehead atoms. The quantitative estimate of drug-likeness (QED) is 0.358. The van der Waals surface area contributed by atoms with Crippen molar-refractivity contribution < 1.29 is 44.9 Å². The van der Waals surface area contributed by atoms with Gasteiger partial charge in [-0.2, -0.15) is 0 Å². The van der Waals surface area contributed by atoms with Crippen LogP contribution < -0.4 is 29.6 Å². The standard InChI is InChI=1S/C6H6O.C3H5ClO.Na.H2O/c7-6-4-2-1-3-5-6;1-2-3(4)5-2;;/h1-5,7H;2-3H,1H3;;1H2/q;;+1;/p-1. The maximum Gasteiger partial charge on any atom is 1.00 e. The van der Waals surface area contributed by atoms with Crippen molar-refractivity contribution in [3.8, 4) is 5.75 Å². The van der Waals surface area contributed by atoms with Crippen LogP contribution in [-0.4, -0.2) is 22.2 Å². The molecule has 1 aromatic rings. The minimum Gasteiger partial charge on any atom is -0.870 e. The summed E-state index contributed by atoms with van der Waals surface area (Å²) in [5.74, 6) is 0.322. The third-order valence-corrected chi connectivity index (χ3v) is 1.85. The molecule has 2 N–H and O–H groups in total. The average molecular weight is 227 g/mol. The zero-order valence-corrected chi connectivity index (χ0v) is 11.0. The molecule has 1 aliphatic rings. The number of benzene rings is 1. The number of hydrogen-bond acceptors (Lipinski definition) is 3. The van der Waals surface area contributed by atoms with E-state index in [4.69, 9.17) is 16.7 Å². The molecule has 0 saturated carbocycles. The molecule has 5 heteroatoms. The van der Waals surface area contributed by atoms with Gasteiger partial charge < -0.3 is 15.3 Å². The summed E-state index contributed by atoms with van der Waals surface area (Å²) >= 11 is 5.31. The number of para-hydroxylation sites is 1. The van der Waals surface area contributed by atoms with Crippen molar-refractivity contribution in [3.63, 3.8) is 0 Å². The fraction of sp³-hybridized carbons (Fsp3) is 0.333. The zero-order chi connectivity index (χ0) is 8.97. The topological polar surface area (TPSA) is 62.8 Å². The van der Waals surface area contributed by atoms with Gasteiger partial charge in [0.05, 0.1) is 6.10 Å². The first-order valence-corrected chi connectivity index (χ1v) is 4.17. The van der Waals surface area contributed by atoms with Gasteiger partial charge in [-0.15, -0.1) is 0 Å². The van der Waals surface area contributed by atoms with E-state index in [0.29, 0.717) is 11.9 Å². The summed E-state index contributed by atoms with van der Waals surface area (Å²) in [5.41, 5.74) is 0.0231. The van der Waals surface area contributed by atoms with Gasteiger partial charge in [-0.3, -0.25) is 0 Å². The Hall–Kier alpha value is 0.230. The molecule has 0 amide bonds. The third-order valence-electron chi connectivity index (χ3n) is 1.39. The second kappa shape index (κ2) is 8.53. The molecule has 2 atom stereocenters. The van der Waals surface area contributed by atoms with Gasteiger partial charge in [0.15, 0.2) is 5.56 Å². The summed E-state index contributed by atoms with van der Waals surface area (Å²) in [6.45, 7) is 1.94. The Morgan fingerprint density at radius 2 is 1.64 bits per heavy atom. The van der Waals surface area contributed by atoms with E-state index in [9.17, 15) is 0 Å². The first-order valence-electron chi connectivity index (χ1n) is 3.73. The molecule has 0 radical (unpaired) electrons. The molecule has 0 aliphatic carbocycles. The van der Waals surface area contributed by atoms with Gasteiger partial charge in [0.25, 0.3) is 0 Å². The molecule has 2 rings (SSSR count). The number of halogens is 1. The molecule has 0 aromatic heterocycles. The van der Waals surface area contributed by atoms with E-state index in [1.54, 1.807) is 24.3 Å². The number of hydrogen-bond donors (Lipinski definition) is 1. The van der Waals surface area contributed by atoms with E-state index in [-0.39, 0.29) is 40.6 Å². The molecule has 14 heavy (non-hydrogen) atoms. The molecule has 0 spiro atoms. The maximum atomic E-state index is 8.63. The summed E-state index contributed by atoms with van der Waals surface area (Å²) in [7, 11) is 0. The summed E-state index contributed by atoms with van der Waals surface area (Å²) in [4.78, 5) is 0. The largest absolute Gasteiger partial charge is 1.00 e. The number of aromatic hydroxyl groups is 1. The number of alkyl halides is 1. The van der Waals surface area contributed by atoms with Crippen molar-refractivity contribution in [2.24, 2.45) is 0 Å². The van der Waals surface area contributed by atoms with Crippen LogP contribution in [0.2, 0.25) is 0 Å². The maximum absolute atomic E-state index is 8.63. The molecule has 1 aromatic carbocycles. The molecule has 3 nitrogen and oxygen atoms in total. The predicted octanol–water partition coefficient (Wildman–Crippen LogP) is -0.811. The van der Waals surface area contributed by atoms with Crippen molar-refractivity contribution in [3.05, 3.63) is 30.3 Å². The smallest absolute Gasteiger partial charge is 0.870 e. The predicted molar refractivity (Wildman–Crippen MR) is 50.2 cm³/mol. The average Bonchev–Trinajstić information content (AvgIpc) is 2.67. The summed E-state index contributed by atoms with van der Waals surface area (Å²) in [6.07, 6.45) is 0.316. The molecule has 1 aliphatic heterocycles. The van der Waals surface area contributed by atoms with Crippen molar-refractivity contribution >= 4 is 11.6 Å². The summed E-state index contributed by atoms with van der Waals surface area (Å²) in [5, 5.41) is 8.63. The second-order valence-corrected chi connectivity index (χ2v) is 2.96. The molecular weight excluding hydrogens is 215 g/mol. The Morgan fingerprint density at radius 3 is 1.79 bits per heavy atom. The van der Waals surface area contributed by atoms with Crippen LogP contribution in [0.15, 0.2) is 30.3 Å². The van der Waals surface area contributed by atoms with Crippen molar-refractivity contribution in [2.45, 2.75) is 18.6 Å². The Labute approximate surface area is 111 Å². The summed E-state index contributed by atoms with van der Waals surface area (Å²) < 4.78 is 4.68. The van der Waals surface area contributed by atoms with Crippen LogP contribution in [0.3, 0.4) is 0 Å². The first kappa shape index (κ1) is 16.7. The second-order valence-electron chi connectivity index (χ2n) is 2.53. The van der Waals surface area contributed by atoms with Crippen molar-refractivity contribution in [1.82, 2.24) is 0 Å². The van der Waals surface area contributed by atoms with E-state index >= 15 is 0 Å². The Morgan fingerprint density at radius 1 is 1.29 bits per heavy atom. The molecule has 74 valence electrons. The molecule has 1 heterocycles. The Bertz CT molecular complexity index is 227. The van der Waals surface area contributed by atoms with Crippen LogP contribution >= 0.6 is 11.6 Å². The molecule has 1 fully saturated rings. The summed E-state index contributed by atoms with van der Waals surface area (Å²) in [6, 6.07) is 8.71. The van der Waals surface area contributed by atoms with Crippen molar-refractivity contribution in [2.75, 3.05) is 0 Å². The van der Waals surface area contributed by atoms with Crippen LogP contribution in [-0.2, 0) is 4.74 Å². The fourth-order valence-corrected chi connectivity index (χ4v) is 0.750. The third kappa shape index (κ3) is 7.62. The van der Waals surface area contributed by atoms with E-state index < -0.39 is 0 Å². The van der Waals surface area contributed by atoms with E-state index in [2.05, 4.69) is 4.74 Å². The SMILES string of the molecule is CC1OC1Cl.Oc1ccccc1.[Na+].[OH-]. The number of phenols is 1. The van der Waals surface area contributed by atoms with Crippen LogP contribution in [0, 0.1) is 0 Å². The van der Waals surface area contributed by atoms with Gasteiger partial charge >= 0.3 is 29.6 Å². The zero-order valence-electron chi connectivity index (χ0n) is 8.22. The normalized spacial score (nSPS) is 21.9. The Kier molecular flexibility index (Phi) is 10.1. The van der Waals surface area contributed by atoms with E-state index in [1.807, 2.05) is 13.0 Å². The van der Waals surface area contributed by atoms with Gasteiger partial charge in [-0.1, -0.05) is 29.8 Å². The van der Waals surface area contributed by atoms with Crippen LogP contribution in [0.25, 0.3) is 0 Å². The first-order chi connectivity index (χ1) is 5.70.